The number of piperazine rings is 1. The fourth-order valence-corrected chi connectivity index (χ4v) is 4.55. The number of hydrogen-bond donors (Lipinski definition) is 1. The van der Waals surface area contributed by atoms with Crippen LogP contribution in [-0.2, 0) is 11.5 Å². The first kappa shape index (κ1) is 24.6. The average Bonchev–Trinajstić information content (AvgIpc) is 3.11. The van der Waals surface area contributed by atoms with Crippen LogP contribution in [0.5, 0.6) is 0 Å². The third-order valence-electron chi connectivity index (χ3n) is 5.82. The van der Waals surface area contributed by atoms with E-state index in [4.69, 9.17) is 28.9 Å². The number of nitrogens with one attached hydrogen (secondary N) is 1. The Morgan fingerprint density at radius 2 is 1.76 bits per heavy atom. The molecule has 34 heavy (non-hydrogen) atoms. The van der Waals surface area contributed by atoms with Gasteiger partial charge >= 0.3 is 0 Å². The topological polar surface area (TPSA) is 58.3 Å². The Kier molecular flexibility index (Phi) is 7.83. The second-order valence-electron chi connectivity index (χ2n) is 9.04. The van der Waals surface area contributed by atoms with Crippen molar-refractivity contribution in [2.75, 3.05) is 32.7 Å². The van der Waals surface area contributed by atoms with Gasteiger partial charge in [-0.05, 0) is 75.0 Å². The molecule has 7 nitrogen and oxygen atoms in total. The van der Waals surface area contributed by atoms with Crippen molar-refractivity contribution in [3.8, 4) is 17.1 Å². The van der Waals surface area contributed by atoms with E-state index in [9.17, 15) is 4.79 Å². The van der Waals surface area contributed by atoms with Crippen LogP contribution in [0.25, 0.3) is 17.1 Å². The van der Waals surface area contributed by atoms with E-state index in [0.717, 1.165) is 48.8 Å². The normalized spacial score (nSPS) is 15.1. The molecule has 1 fully saturated rings. The van der Waals surface area contributed by atoms with Crippen LogP contribution in [0, 0.1) is 11.7 Å². The van der Waals surface area contributed by atoms with E-state index in [0.29, 0.717) is 23.0 Å². The zero-order chi connectivity index (χ0) is 24.2. The minimum absolute atomic E-state index is 0.0789. The maximum atomic E-state index is 12.1. The number of aromatic nitrogens is 3. The Hall–Kier alpha value is -2.52. The van der Waals surface area contributed by atoms with Crippen molar-refractivity contribution < 1.29 is 4.79 Å². The minimum atomic E-state index is 0.0789. The summed E-state index contributed by atoms with van der Waals surface area (Å²) in [4.78, 5) is 16.6. The third kappa shape index (κ3) is 5.93. The van der Waals surface area contributed by atoms with Gasteiger partial charge in [-0.3, -0.25) is 19.2 Å². The summed E-state index contributed by atoms with van der Waals surface area (Å²) in [5.41, 5.74) is 3.10. The smallest absolute Gasteiger partial charge is 0.234 e. The van der Waals surface area contributed by atoms with E-state index in [-0.39, 0.29) is 11.9 Å². The predicted molar refractivity (Wildman–Crippen MR) is 139 cm³/mol. The SMILES string of the molecule is Cc1cccc(-n2c(-c3ccc(Cl)cc3)nn(CN3CCN(CC(=O)NC(C)C)CC3)c2=S)c1. The molecule has 1 aliphatic rings. The summed E-state index contributed by atoms with van der Waals surface area (Å²) in [6.45, 7) is 10.4. The van der Waals surface area contributed by atoms with Gasteiger partial charge in [-0.2, -0.15) is 0 Å². The largest absolute Gasteiger partial charge is 0.353 e. The van der Waals surface area contributed by atoms with Crippen molar-refractivity contribution >= 4 is 29.7 Å². The zero-order valence-electron chi connectivity index (χ0n) is 19.9. The number of rotatable bonds is 7. The van der Waals surface area contributed by atoms with Crippen LogP contribution in [0.2, 0.25) is 5.02 Å². The summed E-state index contributed by atoms with van der Waals surface area (Å²) in [5.74, 6) is 0.867. The van der Waals surface area contributed by atoms with Crippen LogP contribution in [0.15, 0.2) is 48.5 Å². The molecule has 4 rings (SSSR count). The summed E-state index contributed by atoms with van der Waals surface area (Å²) in [6, 6.07) is 16.1. The maximum absolute atomic E-state index is 12.1. The molecule has 0 radical (unpaired) electrons. The van der Waals surface area contributed by atoms with Crippen molar-refractivity contribution in [2.24, 2.45) is 0 Å². The molecule has 0 spiro atoms. The molecule has 0 aliphatic carbocycles. The molecule has 3 aromatic rings. The van der Waals surface area contributed by atoms with Crippen molar-refractivity contribution in [3.63, 3.8) is 0 Å². The molecule has 2 heterocycles. The Morgan fingerprint density at radius 1 is 1.09 bits per heavy atom. The molecule has 1 saturated heterocycles. The molecule has 0 atom stereocenters. The number of amides is 1. The number of aryl methyl sites for hydroxylation is 1. The lowest BCUT2D eigenvalue weighted by molar-refractivity contribution is -0.123. The molecule has 1 amide bonds. The average molecular weight is 499 g/mol. The Morgan fingerprint density at radius 3 is 2.41 bits per heavy atom. The second-order valence-corrected chi connectivity index (χ2v) is 9.85. The van der Waals surface area contributed by atoms with Gasteiger partial charge in [0.15, 0.2) is 5.82 Å². The number of carbonyl (C=O) groups excluding carboxylic acids is 1. The number of benzene rings is 2. The lowest BCUT2D eigenvalue weighted by atomic mass is 10.2. The third-order valence-corrected chi connectivity index (χ3v) is 6.46. The predicted octanol–water partition coefficient (Wildman–Crippen LogP) is 4.13. The summed E-state index contributed by atoms with van der Waals surface area (Å²) >= 11 is 12.0. The number of nitrogens with zero attached hydrogens (tertiary/aromatic N) is 5. The lowest BCUT2D eigenvalue weighted by Gasteiger charge is -2.34. The summed E-state index contributed by atoms with van der Waals surface area (Å²) in [7, 11) is 0. The van der Waals surface area contributed by atoms with Crippen LogP contribution in [0.1, 0.15) is 19.4 Å². The maximum Gasteiger partial charge on any atom is 0.234 e. The molecule has 1 aromatic heterocycles. The van der Waals surface area contributed by atoms with Gasteiger partial charge in [-0.25, -0.2) is 4.68 Å². The van der Waals surface area contributed by atoms with Gasteiger partial charge < -0.3 is 5.32 Å². The van der Waals surface area contributed by atoms with Gasteiger partial charge in [-0.1, -0.05) is 23.7 Å². The zero-order valence-corrected chi connectivity index (χ0v) is 21.4. The van der Waals surface area contributed by atoms with E-state index >= 15 is 0 Å². The van der Waals surface area contributed by atoms with Crippen molar-refractivity contribution in [1.82, 2.24) is 29.5 Å². The van der Waals surface area contributed by atoms with E-state index in [1.807, 2.05) is 53.4 Å². The van der Waals surface area contributed by atoms with Crippen molar-refractivity contribution in [2.45, 2.75) is 33.5 Å². The van der Waals surface area contributed by atoms with Gasteiger partial charge in [0, 0.05) is 42.8 Å². The fraction of sp³-hybridized carbons (Fsp3) is 0.400. The molecule has 9 heteroatoms. The van der Waals surface area contributed by atoms with E-state index < -0.39 is 0 Å². The molecule has 0 bridgehead atoms. The molecule has 180 valence electrons. The van der Waals surface area contributed by atoms with Crippen LogP contribution in [-0.4, -0.2) is 68.8 Å². The Labute approximate surface area is 210 Å². The first-order chi connectivity index (χ1) is 16.3. The van der Waals surface area contributed by atoms with Crippen LogP contribution < -0.4 is 5.32 Å². The number of carbonyl (C=O) groups is 1. The first-order valence-electron chi connectivity index (χ1n) is 11.6. The number of halogens is 1. The highest BCUT2D eigenvalue weighted by atomic mass is 35.5. The Bertz CT molecular complexity index is 1190. The molecule has 0 saturated carbocycles. The standard InChI is InChI=1S/C25H31ClN6OS/c1-18(2)27-23(33)16-29-11-13-30(14-12-29)17-31-25(34)32(22-6-4-5-19(3)15-22)24(28-31)20-7-9-21(26)10-8-20/h4-10,15,18H,11-14,16-17H2,1-3H3,(H,27,33). The summed E-state index contributed by atoms with van der Waals surface area (Å²) in [5, 5.41) is 8.57. The van der Waals surface area contributed by atoms with Gasteiger partial charge in [-0.15, -0.1) is 5.10 Å². The summed E-state index contributed by atoms with van der Waals surface area (Å²) in [6.07, 6.45) is 0. The van der Waals surface area contributed by atoms with Crippen LogP contribution >= 0.6 is 23.8 Å². The van der Waals surface area contributed by atoms with E-state index in [2.05, 4.69) is 40.2 Å². The molecule has 2 aromatic carbocycles. The van der Waals surface area contributed by atoms with Gasteiger partial charge in [0.1, 0.15) is 0 Å². The first-order valence-corrected chi connectivity index (χ1v) is 12.4. The molecule has 1 N–H and O–H groups in total. The highest BCUT2D eigenvalue weighted by Gasteiger charge is 2.21. The van der Waals surface area contributed by atoms with Gasteiger partial charge in [0.2, 0.25) is 10.7 Å². The Balaban J connectivity index is 1.54. The quantitative estimate of drug-likeness (QED) is 0.496. The van der Waals surface area contributed by atoms with E-state index in [1.165, 1.54) is 0 Å². The van der Waals surface area contributed by atoms with Gasteiger partial charge in [0.25, 0.3) is 0 Å². The molecule has 0 unspecified atom stereocenters. The molecular weight excluding hydrogens is 468 g/mol. The van der Waals surface area contributed by atoms with Crippen LogP contribution in [0.3, 0.4) is 0 Å². The molecule has 1 aliphatic heterocycles. The lowest BCUT2D eigenvalue weighted by Crippen LogP contribution is -2.50. The molecular formula is C25H31ClN6OS. The second kappa shape index (κ2) is 10.8. The summed E-state index contributed by atoms with van der Waals surface area (Å²) < 4.78 is 4.56. The van der Waals surface area contributed by atoms with Crippen molar-refractivity contribution in [1.29, 1.82) is 0 Å². The van der Waals surface area contributed by atoms with Crippen LogP contribution in [0.4, 0.5) is 0 Å². The highest BCUT2D eigenvalue weighted by molar-refractivity contribution is 7.71. The highest BCUT2D eigenvalue weighted by Crippen LogP contribution is 2.25. The van der Waals surface area contributed by atoms with Gasteiger partial charge in [0.05, 0.1) is 18.9 Å². The minimum Gasteiger partial charge on any atom is -0.353 e. The van der Waals surface area contributed by atoms with Crippen molar-refractivity contribution in [3.05, 3.63) is 63.9 Å². The monoisotopic (exact) mass is 498 g/mol. The van der Waals surface area contributed by atoms with E-state index in [1.54, 1.807) is 0 Å². The number of hydrogen-bond acceptors (Lipinski definition) is 5. The fourth-order valence-electron chi connectivity index (χ4n) is 4.13.